The van der Waals surface area contributed by atoms with Crippen molar-refractivity contribution in [3.05, 3.63) is 29.3 Å². The van der Waals surface area contributed by atoms with Crippen LogP contribution in [0.15, 0.2) is 18.2 Å². The molecule has 18 heavy (non-hydrogen) atoms. The molecule has 1 aromatic rings. The van der Waals surface area contributed by atoms with E-state index in [1.54, 1.807) is 0 Å². The Morgan fingerprint density at radius 1 is 1.33 bits per heavy atom. The summed E-state index contributed by atoms with van der Waals surface area (Å²) in [4.78, 5) is 0. The molecule has 0 aliphatic heterocycles. The lowest BCUT2D eigenvalue weighted by Gasteiger charge is -2.11. The summed E-state index contributed by atoms with van der Waals surface area (Å²) in [5.74, 6) is 2.17. The van der Waals surface area contributed by atoms with Crippen molar-refractivity contribution >= 4 is 11.8 Å². The lowest BCUT2D eigenvalue weighted by molar-refractivity contribution is 0.316. The molecule has 0 saturated carbocycles. The molecule has 0 radical (unpaired) electrons. The largest absolute Gasteiger partial charge is 0.493 e. The lowest BCUT2D eigenvalue weighted by Crippen LogP contribution is -2.08. The smallest absolute Gasteiger partial charge is 0.122 e. The van der Waals surface area contributed by atoms with Crippen LogP contribution in [0.4, 0.5) is 0 Å². The molecule has 1 aromatic carbocycles. The second kappa shape index (κ2) is 8.44. The van der Waals surface area contributed by atoms with Crippen molar-refractivity contribution in [1.82, 2.24) is 0 Å². The first-order chi connectivity index (χ1) is 8.63. The first-order valence-corrected chi connectivity index (χ1v) is 7.70. The third-order valence-electron chi connectivity index (χ3n) is 2.87. The van der Waals surface area contributed by atoms with Gasteiger partial charge in [-0.3, -0.25) is 0 Å². The van der Waals surface area contributed by atoms with Crippen molar-refractivity contribution in [2.75, 3.05) is 18.9 Å². The van der Waals surface area contributed by atoms with Gasteiger partial charge in [0.25, 0.3) is 0 Å². The quantitative estimate of drug-likeness (QED) is 0.732. The maximum atomic E-state index is 5.82. The molecule has 0 aliphatic carbocycles. The van der Waals surface area contributed by atoms with E-state index < -0.39 is 0 Å². The molecule has 0 aromatic heterocycles. The van der Waals surface area contributed by atoms with Crippen LogP contribution in [0.1, 0.15) is 30.9 Å². The Balaban J connectivity index is 2.19. The summed E-state index contributed by atoms with van der Waals surface area (Å²) in [5.41, 5.74) is 7.99. The summed E-state index contributed by atoms with van der Waals surface area (Å²) >= 11 is 1.98. The van der Waals surface area contributed by atoms with E-state index in [1.807, 2.05) is 11.8 Å². The van der Waals surface area contributed by atoms with Gasteiger partial charge in [-0.25, -0.2) is 0 Å². The third-order valence-corrected chi connectivity index (χ3v) is 4.19. The van der Waals surface area contributed by atoms with Crippen LogP contribution < -0.4 is 10.5 Å². The van der Waals surface area contributed by atoms with Gasteiger partial charge in [0.1, 0.15) is 5.75 Å². The van der Waals surface area contributed by atoms with Crippen molar-refractivity contribution < 1.29 is 4.74 Å². The molecule has 3 heteroatoms. The van der Waals surface area contributed by atoms with Gasteiger partial charge in [0, 0.05) is 5.25 Å². The minimum atomic E-state index is 0.663. The third kappa shape index (κ3) is 5.78. The van der Waals surface area contributed by atoms with E-state index in [4.69, 9.17) is 10.5 Å². The molecule has 1 unspecified atom stereocenters. The standard InChI is InChI=1S/C15H25NOS/c1-12-5-6-13(2)15(11-12)17-9-4-10-18-14(3)7-8-16/h5-6,11,14H,4,7-10,16H2,1-3H3. The number of hydrogen-bond donors (Lipinski definition) is 1. The van der Waals surface area contributed by atoms with Gasteiger partial charge in [0.15, 0.2) is 0 Å². The van der Waals surface area contributed by atoms with Crippen LogP contribution in [0.2, 0.25) is 0 Å². The van der Waals surface area contributed by atoms with E-state index in [2.05, 4.69) is 39.0 Å². The van der Waals surface area contributed by atoms with Crippen LogP contribution in [0, 0.1) is 13.8 Å². The molecule has 2 nitrogen and oxygen atoms in total. The van der Waals surface area contributed by atoms with E-state index >= 15 is 0 Å². The number of ether oxygens (including phenoxy) is 1. The molecule has 0 heterocycles. The predicted molar refractivity (Wildman–Crippen MR) is 81.6 cm³/mol. The van der Waals surface area contributed by atoms with Crippen LogP contribution in [0.3, 0.4) is 0 Å². The average Bonchev–Trinajstić information content (AvgIpc) is 2.33. The highest BCUT2D eigenvalue weighted by Crippen LogP contribution is 2.20. The molecule has 102 valence electrons. The van der Waals surface area contributed by atoms with Gasteiger partial charge < -0.3 is 10.5 Å². The normalized spacial score (nSPS) is 12.4. The van der Waals surface area contributed by atoms with Crippen molar-refractivity contribution in [2.24, 2.45) is 5.73 Å². The number of thioether (sulfide) groups is 1. The zero-order valence-electron chi connectivity index (χ0n) is 11.7. The Labute approximate surface area is 115 Å². The molecule has 2 N–H and O–H groups in total. The van der Waals surface area contributed by atoms with Gasteiger partial charge in [-0.05, 0) is 56.2 Å². The summed E-state index contributed by atoms with van der Waals surface area (Å²) in [5, 5.41) is 0.663. The van der Waals surface area contributed by atoms with Gasteiger partial charge >= 0.3 is 0 Å². The number of benzene rings is 1. The van der Waals surface area contributed by atoms with Gasteiger partial charge in [-0.2, -0.15) is 11.8 Å². The van der Waals surface area contributed by atoms with E-state index in [0.717, 1.165) is 37.5 Å². The first kappa shape index (κ1) is 15.4. The molecular weight excluding hydrogens is 242 g/mol. The van der Waals surface area contributed by atoms with E-state index in [9.17, 15) is 0 Å². The molecule has 1 rings (SSSR count). The van der Waals surface area contributed by atoms with Gasteiger partial charge in [0.2, 0.25) is 0 Å². The minimum absolute atomic E-state index is 0.663. The highest BCUT2D eigenvalue weighted by atomic mass is 32.2. The molecule has 0 aliphatic rings. The minimum Gasteiger partial charge on any atom is -0.493 e. The fourth-order valence-electron chi connectivity index (χ4n) is 1.71. The Bertz CT molecular complexity index is 354. The zero-order valence-corrected chi connectivity index (χ0v) is 12.6. The van der Waals surface area contributed by atoms with Crippen LogP contribution in [-0.4, -0.2) is 24.2 Å². The van der Waals surface area contributed by atoms with Gasteiger partial charge in [-0.15, -0.1) is 0 Å². The number of aryl methyl sites for hydroxylation is 2. The average molecular weight is 267 g/mol. The number of nitrogens with two attached hydrogens (primary N) is 1. The summed E-state index contributed by atoms with van der Waals surface area (Å²) in [6.07, 6.45) is 2.19. The van der Waals surface area contributed by atoms with Gasteiger partial charge in [-0.1, -0.05) is 19.1 Å². The molecule has 0 fully saturated rings. The molecule has 0 saturated heterocycles. The fraction of sp³-hybridized carbons (Fsp3) is 0.600. The van der Waals surface area contributed by atoms with Crippen molar-refractivity contribution in [3.63, 3.8) is 0 Å². The second-order valence-corrected chi connectivity index (χ2v) is 6.28. The Kier molecular flexibility index (Phi) is 7.21. The Morgan fingerprint density at radius 3 is 2.83 bits per heavy atom. The van der Waals surface area contributed by atoms with Crippen molar-refractivity contribution in [1.29, 1.82) is 0 Å². The fourth-order valence-corrected chi connectivity index (χ4v) is 2.70. The van der Waals surface area contributed by atoms with Crippen LogP contribution in [0.25, 0.3) is 0 Å². The summed E-state index contributed by atoms with van der Waals surface area (Å²) in [6.45, 7) is 8.01. The number of rotatable bonds is 8. The maximum absolute atomic E-state index is 5.82. The van der Waals surface area contributed by atoms with Crippen LogP contribution in [0.5, 0.6) is 5.75 Å². The number of hydrogen-bond acceptors (Lipinski definition) is 3. The lowest BCUT2D eigenvalue weighted by atomic mass is 10.1. The highest BCUT2D eigenvalue weighted by molar-refractivity contribution is 7.99. The monoisotopic (exact) mass is 267 g/mol. The molecule has 0 amide bonds. The van der Waals surface area contributed by atoms with E-state index in [0.29, 0.717) is 5.25 Å². The van der Waals surface area contributed by atoms with Crippen molar-refractivity contribution in [2.45, 2.75) is 38.9 Å². The topological polar surface area (TPSA) is 35.2 Å². The second-order valence-electron chi connectivity index (χ2n) is 4.73. The Morgan fingerprint density at radius 2 is 2.11 bits per heavy atom. The summed E-state index contributed by atoms with van der Waals surface area (Å²) in [6, 6.07) is 6.34. The van der Waals surface area contributed by atoms with E-state index in [1.165, 1.54) is 11.1 Å². The zero-order chi connectivity index (χ0) is 13.4. The maximum Gasteiger partial charge on any atom is 0.122 e. The molecule has 0 spiro atoms. The Hall–Kier alpha value is -0.670. The summed E-state index contributed by atoms with van der Waals surface area (Å²) in [7, 11) is 0. The molecular formula is C15H25NOS. The van der Waals surface area contributed by atoms with Crippen molar-refractivity contribution in [3.8, 4) is 5.75 Å². The molecule has 0 bridgehead atoms. The van der Waals surface area contributed by atoms with Crippen LogP contribution in [-0.2, 0) is 0 Å². The highest BCUT2D eigenvalue weighted by Gasteiger charge is 2.02. The SMILES string of the molecule is Cc1ccc(C)c(OCCCSC(C)CCN)c1. The predicted octanol–water partition coefficient (Wildman–Crippen LogP) is 3.54. The van der Waals surface area contributed by atoms with Crippen LogP contribution >= 0.6 is 11.8 Å². The van der Waals surface area contributed by atoms with Gasteiger partial charge in [0.05, 0.1) is 6.61 Å². The summed E-state index contributed by atoms with van der Waals surface area (Å²) < 4.78 is 5.82. The molecule has 1 atom stereocenters. The van der Waals surface area contributed by atoms with E-state index in [-0.39, 0.29) is 0 Å². The first-order valence-electron chi connectivity index (χ1n) is 6.65.